The number of hydrogen-bond donors (Lipinski definition) is 2. The minimum Gasteiger partial charge on any atom is -0.338 e. The molecule has 0 amide bonds. The third-order valence-electron chi connectivity index (χ3n) is 4.00. The van der Waals surface area contributed by atoms with Crippen molar-refractivity contribution in [2.75, 3.05) is 7.05 Å². The monoisotopic (exact) mass is 294 g/mol. The minimum absolute atomic E-state index is 0.157. The number of hydrazine groups is 1. The van der Waals surface area contributed by atoms with Gasteiger partial charge in [0.15, 0.2) is 0 Å². The highest BCUT2D eigenvalue weighted by Crippen LogP contribution is 2.24. The molecule has 110 valence electrons. The van der Waals surface area contributed by atoms with E-state index in [1.54, 1.807) is 0 Å². The summed E-state index contributed by atoms with van der Waals surface area (Å²) in [7, 11) is 2.00. The molecule has 1 aromatic carbocycles. The van der Waals surface area contributed by atoms with Crippen LogP contribution in [0.15, 0.2) is 29.3 Å². The first-order valence-electron chi connectivity index (χ1n) is 7.14. The lowest BCUT2D eigenvalue weighted by molar-refractivity contribution is 0.384. The van der Waals surface area contributed by atoms with E-state index in [2.05, 4.69) is 23.3 Å². The highest BCUT2D eigenvalue weighted by atomic mass is 35.5. The van der Waals surface area contributed by atoms with Gasteiger partial charge in [0.2, 0.25) is 5.96 Å². The highest BCUT2D eigenvalue weighted by Gasteiger charge is 2.19. The van der Waals surface area contributed by atoms with Gasteiger partial charge in [0.25, 0.3) is 0 Å². The zero-order valence-corrected chi connectivity index (χ0v) is 12.9. The van der Waals surface area contributed by atoms with E-state index in [1.165, 1.54) is 12.8 Å². The molecule has 1 aliphatic carbocycles. The number of aliphatic imine (C=N–C) groups is 1. The molecule has 1 unspecified atom stereocenters. The Kier molecular flexibility index (Phi) is 5.26. The molecular formula is C15H23ClN4. The summed E-state index contributed by atoms with van der Waals surface area (Å²) in [5.41, 5.74) is 3.88. The van der Waals surface area contributed by atoms with Crippen molar-refractivity contribution in [3.05, 3.63) is 34.9 Å². The summed E-state index contributed by atoms with van der Waals surface area (Å²) in [6, 6.07) is 8.45. The lowest BCUT2D eigenvalue weighted by Gasteiger charge is -2.28. The fourth-order valence-corrected chi connectivity index (χ4v) is 2.81. The van der Waals surface area contributed by atoms with Crippen LogP contribution in [-0.2, 0) is 0 Å². The molecule has 0 saturated heterocycles. The lowest BCUT2D eigenvalue weighted by atomic mass is 10.1. The molecule has 0 bridgehead atoms. The van der Waals surface area contributed by atoms with E-state index in [9.17, 15) is 0 Å². The van der Waals surface area contributed by atoms with E-state index in [0.29, 0.717) is 6.04 Å². The van der Waals surface area contributed by atoms with Crippen LogP contribution in [-0.4, -0.2) is 23.9 Å². The SMILES string of the molecule is CC(c1cccc(Cl)c1)N(C)C(=NC1CCCC1)NN. The zero-order chi connectivity index (χ0) is 14.5. The standard InChI is InChI=1S/C15H23ClN4/c1-11(12-6-5-7-13(16)10-12)20(2)15(19-17)18-14-8-3-4-9-14/h5-7,10-11,14H,3-4,8-9,17H2,1-2H3,(H,18,19). The van der Waals surface area contributed by atoms with Crippen molar-refractivity contribution in [2.45, 2.75) is 44.7 Å². The van der Waals surface area contributed by atoms with E-state index < -0.39 is 0 Å². The third-order valence-corrected chi connectivity index (χ3v) is 4.24. The summed E-state index contributed by atoms with van der Waals surface area (Å²) in [6.07, 6.45) is 4.84. The van der Waals surface area contributed by atoms with E-state index in [0.717, 1.165) is 29.4 Å². The van der Waals surface area contributed by atoms with Crippen LogP contribution in [0.1, 0.15) is 44.2 Å². The summed E-state index contributed by atoms with van der Waals surface area (Å²) in [5.74, 6) is 6.39. The Hall–Kier alpha value is -1.26. The van der Waals surface area contributed by atoms with Crippen LogP contribution in [0.25, 0.3) is 0 Å². The molecule has 1 fully saturated rings. The molecule has 1 aliphatic rings. The third kappa shape index (κ3) is 3.64. The van der Waals surface area contributed by atoms with Crippen molar-refractivity contribution < 1.29 is 0 Å². The number of halogens is 1. The Labute approximate surface area is 126 Å². The summed E-state index contributed by atoms with van der Waals surface area (Å²) in [4.78, 5) is 6.80. The number of nitrogens with one attached hydrogen (secondary N) is 1. The molecule has 0 spiro atoms. The van der Waals surface area contributed by atoms with E-state index in [-0.39, 0.29) is 6.04 Å². The maximum absolute atomic E-state index is 6.06. The molecule has 4 nitrogen and oxygen atoms in total. The Balaban J connectivity index is 2.12. The highest BCUT2D eigenvalue weighted by molar-refractivity contribution is 6.30. The fourth-order valence-electron chi connectivity index (χ4n) is 2.61. The van der Waals surface area contributed by atoms with Crippen molar-refractivity contribution in [1.29, 1.82) is 0 Å². The van der Waals surface area contributed by atoms with Gasteiger partial charge < -0.3 is 4.90 Å². The number of guanidine groups is 1. The molecule has 0 aromatic heterocycles. The van der Waals surface area contributed by atoms with Crippen LogP contribution < -0.4 is 11.3 Å². The predicted molar refractivity (Wildman–Crippen MR) is 84.6 cm³/mol. The molecule has 1 saturated carbocycles. The number of nitrogens with two attached hydrogens (primary N) is 1. The second-order valence-electron chi connectivity index (χ2n) is 5.38. The summed E-state index contributed by atoms with van der Waals surface area (Å²) in [6.45, 7) is 2.12. The predicted octanol–water partition coefficient (Wildman–Crippen LogP) is 3.09. The van der Waals surface area contributed by atoms with Gasteiger partial charge in [-0.3, -0.25) is 5.43 Å². The maximum Gasteiger partial charge on any atom is 0.208 e. The van der Waals surface area contributed by atoms with Gasteiger partial charge in [0.1, 0.15) is 0 Å². The average molecular weight is 295 g/mol. The molecule has 2 rings (SSSR count). The largest absolute Gasteiger partial charge is 0.338 e. The Morgan fingerprint density at radius 3 is 2.75 bits per heavy atom. The summed E-state index contributed by atoms with van der Waals surface area (Å²) in [5, 5.41) is 0.748. The Bertz CT molecular complexity index is 469. The molecule has 1 atom stereocenters. The first-order valence-corrected chi connectivity index (χ1v) is 7.52. The van der Waals surface area contributed by atoms with Crippen molar-refractivity contribution >= 4 is 17.6 Å². The van der Waals surface area contributed by atoms with Gasteiger partial charge in [-0.15, -0.1) is 0 Å². The summed E-state index contributed by atoms with van der Waals surface area (Å²) < 4.78 is 0. The molecule has 3 N–H and O–H groups in total. The van der Waals surface area contributed by atoms with Gasteiger partial charge in [-0.2, -0.15) is 0 Å². The van der Waals surface area contributed by atoms with E-state index >= 15 is 0 Å². The molecular weight excluding hydrogens is 272 g/mol. The minimum atomic E-state index is 0.157. The van der Waals surface area contributed by atoms with Gasteiger partial charge in [-0.1, -0.05) is 36.6 Å². The Morgan fingerprint density at radius 1 is 1.45 bits per heavy atom. The van der Waals surface area contributed by atoms with Crippen molar-refractivity contribution in [2.24, 2.45) is 10.8 Å². The number of hydrogen-bond acceptors (Lipinski definition) is 2. The van der Waals surface area contributed by atoms with Crippen LogP contribution >= 0.6 is 11.6 Å². The molecule has 0 radical (unpaired) electrons. The summed E-state index contributed by atoms with van der Waals surface area (Å²) >= 11 is 6.06. The van der Waals surface area contributed by atoms with Crippen molar-refractivity contribution in [1.82, 2.24) is 10.3 Å². The van der Waals surface area contributed by atoms with Crippen molar-refractivity contribution in [3.63, 3.8) is 0 Å². The Morgan fingerprint density at radius 2 is 2.15 bits per heavy atom. The second kappa shape index (κ2) is 6.95. The maximum atomic E-state index is 6.06. The van der Waals surface area contributed by atoms with Gasteiger partial charge in [-0.05, 0) is 37.5 Å². The lowest BCUT2D eigenvalue weighted by Crippen LogP contribution is -2.44. The fraction of sp³-hybridized carbons (Fsp3) is 0.533. The second-order valence-corrected chi connectivity index (χ2v) is 5.81. The van der Waals surface area contributed by atoms with Crippen LogP contribution in [0.5, 0.6) is 0 Å². The number of nitrogens with zero attached hydrogens (tertiary/aromatic N) is 2. The topological polar surface area (TPSA) is 53.6 Å². The first-order chi connectivity index (χ1) is 9.61. The van der Waals surface area contributed by atoms with E-state index in [4.69, 9.17) is 22.4 Å². The van der Waals surface area contributed by atoms with E-state index in [1.807, 2.05) is 25.2 Å². The smallest absolute Gasteiger partial charge is 0.208 e. The van der Waals surface area contributed by atoms with Gasteiger partial charge in [0.05, 0.1) is 12.1 Å². The number of benzene rings is 1. The van der Waals surface area contributed by atoms with Gasteiger partial charge >= 0.3 is 0 Å². The molecule has 5 heteroatoms. The van der Waals surface area contributed by atoms with Crippen LogP contribution in [0.2, 0.25) is 5.02 Å². The number of rotatable bonds is 3. The van der Waals surface area contributed by atoms with Gasteiger partial charge in [0, 0.05) is 12.1 Å². The quantitative estimate of drug-likeness (QED) is 0.390. The van der Waals surface area contributed by atoms with Crippen molar-refractivity contribution in [3.8, 4) is 0 Å². The zero-order valence-electron chi connectivity index (χ0n) is 12.1. The van der Waals surface area contributed by atoms with Gasteiger partial charge in [-0.25, -0.2) is 10.8 Å². The first kappa shape index (κ1) is 15.1. The van der Waals surface area contributed by atoms with Crippen LogP contribution in [0.3, 0.4) is 0 Å². The molecule has 1 aromatic rings. The van der Waals surface area contributed by atoms with Crippen LogP contribution in [0.4, 0.5) is 0 Å². The molecule has 20 heavy (non-hydrogen) atoms. The molecule has 0 heterocycles. The van der Waals surface area contributed by atoms with Crippen LogP contribution in [0, 0.1) is 0 Å². The average Bonchev–Trinajstić information content (AvgIpc) is 2.96. The normalized spacial score (nSPS) is 18.1. The molecule has 0 aliphatic heterocycles.